The first-order valence-corrected chi connectivity index (χ1v) is 6.89. The Labute approximate surface area is 124 Å². The van der Waals surface area contributed by atoms with Gasteiger partial charge in [-0.1, -0.05) is 24.3 Å². The fourth-order valence-electron chi connectivity index (χ4n) is 2.22. The maximum Gasteiger partial charge on any atom is 0.292 e. The molecule has 0 heterocycles. The molecule has 0 spiro atoms. The van der Waals surface area contributed by atoms with Gasteiger partial charge in [0.05, 0.1) is 4.92 Å². The van der Waals surface area contributed by atoms with Crippen molar-refractivity contribution in [2.24, 2.45) is 0 Å². The summed E-state index contributed by atoms with van der Waals surface area (Å²) in [6.45, 7) is 3.27. The minimum atomic E-state index is -0.358. The van der Waals surface area contributed by atoms with Crippen molar-refractivity contribution in [1.82, 2.24) is 0 Å². The number of nitro benzene ring substituents is 1. The van der Waals surface area contributed by atoms with E-state index < -0.39 is 0 Å². The van der Waals surface area contributed by atoms with Crippen LogP contribution in [0.1, 0.15) is 12.5 Å². The van der Waals surface area contributed by atoms with Crippen LogP contribution in [0.4, 0.5) is 17.1 Å². The third-order valence-electron chi connectivity index (χ3n) is 3.24. The number of hydrogen-bond acceptors (Lipinski definition) is 4. The molecule has 5 nitrogen and oxygen atoms in total. The number of anilines is 2. The van der Waals surface area contributed by atoms with Gasteiger partial charge in [0.1, 0.15) is 5.69 Å². The molecule has 0 radical (unpaired) electrons. The molecule has 0 fully saturated rings. The smallest absolute Gasteiger partial charge is 0.292 e. The van der Waals surface area contributed by atoms with E-state index in [1.807, 2.05) is 50.4 Å². The standard InChI is InChI=1S/C16H19N3O2/c1-3-17-15-11-13(9-10-16(15)19(20)21)12-18(2)14-7-5-4-6-8-14/h4-11,17H,3,12H2,1-2H3. The van der Waals surface area contributed by atoms with Crippen molar-refractivity contribution in [2.45, 2.75) is 13.5 Å². The average Bonchev–Trinajstić information content (AvgIpc) is 2.48. The van der Waals surface area contributed by atoms with Gasteiger partial charge in [-0.2, -0.15) is 0 Å². The van der Waals surface area contributed by atoms with Crippen molar-refractivity contribution in [1.29, 1.82) is 0 Å². The van der Waals surface area contributed by atoms with E-state index in [1.54, 1.807) is 12.1 Å². The van der Waals surface area contributed by atoms with Gasteiger partial charge in [0.2, 0.25) is 0 Å². The van der Waals surface area contributed by atoms with Crippen molar-refractivity contribution >= 4 is 17.1 Å². The average molecular weight is 285 g/mol. The van der Waals surface area contributed by atoms with Gasteiger partial charge in [0.15, 0.2) is 0 Å². The zero-order valence-corrected chi connectivity index (χ0v) is 12.2. The molecule has 5 heteroatoms. The number of rotatable bonds is 6. The highest BCUT2D eigenvalue weighted by Gasteiger charge is 2.14. The third-order valence-corrected chi connectivity index (χ3v) is 3.24. The highest BCUT2D eigenvalue weighted by atomic mass is 16.6. The lowest BCUT2D eigenvalue weighted by Crippen LogP contribution is -2.16. The van der Waals surface area contributed by atoms with Crippen molar-refractivity contribution in [2.75, 3.05) is 23.8 Å². The molecule has 1 N–H and O–H groups in total. The SMILES string of the molecule is CCNc1cc(CN(C)c2ccccc2)ccc1[N+](=O)[O-]. The summed E-state index contributed by atoms with van der Waals surface area (Å²) in [7, 11) is 2.00. The van der Waals surface area contributed by atoms with Gasteiger partial charge in [-0.05, 0) is 30.7 Å². The Morgan fingerprint density at radius 3 is 2.52 bits per heavy atom. The molecule has 0 aliphatic rings. The Bertz CT molecular complexity index is 614. The van der Waals surface area contributed by atoms with Crippen molar-refractivity contribution in [3.63, 3.8) is 0 Å². The fraction of sp³-hybridized carbons (Fsp3) is 0.250. The Balaban J connectivity index is 2.21. The molecule has 0 atom stereocenters. The Kier molecular flexibility index (Phi) is 4.77. The Morgan fingerprint density at radius 1 is 1.19 bits per heavy atom. The molecule has 0 aliphatic heterocycles. The van der Waals surface area contributed by atoms with Crippen molar-refractivity contribution < 1.29 is 4.92 Å². The molecule has 0 aromatic heterocycles. The summed E-state index contributed by atoms with van der Waals surface area (Å²) in [6, 6.07) is 15.3. The van der Waals surface area contributed by atoms with Gasteiger partial charge in [0.25, 0.3) is 5.69 Å². The van der Waals surface area contributed by atoms with E-state index in [4.69, 9.17) is 0 Å². The van der Waals surface area contributed by atoms with Crippen LogP contribution in [0.5, 0.6) is 0 Å². The molecule has 0 saturated heterocycles. The van der Waals surface area contributed by atoms with Crippen LogP contribution in [-0.2, 0) is 6.54 Å². The summed E-state index contributed by atoms with van der Waals surface area (Å²) in [5.41, 5.74) is 2.83. The second-order valence-electron chi connectivity index (χ2n) is 4.83. The molecule has 0 unspecified atom stereocenters. The molecule has 2 aromatic rings. The first-order chi connectivity index (χ1) is 10.1. The van der Waals surface area contributed by atoms with Crippen molar-refractivity contribution in [3.05, 3.63) is 64.2 Å². The van der Waals surface area contributed by atoms with Crippen molar-refractivity contribution in [3.8, 4) is 0 Å². The van der Waals surface area contributed by atoms with E-state index in [0.29, 0.717) is 18.8 Å². The zero-order chi connectivity index (χ0) is 15.2. The highest BCUT2D eigenvalue weighted by molar-refractivity contribution is 5.63. The fourth-order valence-corrected chi connectivity index (χ4v) is 2.22. The summed E-state index contributed by atoms with van der Waals surface area (Å²) in [5, 5.41) is 14.1. The molecular formula is C16H19N3O2. The minimum Gasteiger partial charge on any atom is -0.380 e. The molecular weight excluding hydrogens is 266 g/mol. The molecule has 0 aliphatic carbocycles. The van der Waals surface area contributed by atoms with Crippen LogP contribution < -0.4 is 10.2 Å². The molecule has 0 amide bonds. The number of benzene rings is 2. The van der Waals surface area contributed by atoms with Gasteiger partial charge in [0, 0.05) is 31.9 Å². The van der Waals surface area contributed by atoms with E-state index in [0.717, 1.165) is 11.3 Å². The van der Waals surface area contributed by atoms with Crippen LogP contribution in [0.15, 0.2) is 48.5 Å². The summed E-state index contributed by atoms with van der Waals surface area (Å²) < 4.78 is 0. The van der Waals surface area contributed by atoms with Gasteiger partial charge in [-0.25, -0.2) is 0 Å². The lowest BCUT2D eigenvalue weighted by Gasteiger charge is -2.19. The summed E-state index contributed by atoms with van der Waals surface area (Å²) in [5.74, 6) is 0. The van der Waals surface area contributed by atoms with Gasteiger partial charge in [-0.3, -0.25) is 10.1 Å². The molecule has 2 aromatic carbocycles. The van der Waals surface area contributed by atoms with Crippen LogP contribution in [0.2, 0.25) is 0 Å². The van der Waals surface area contributed by atoms with Crippen LogP contribution in [0, 0.1) is 10.1 Å². The summed E-state index contributed by atoms with van der Waals surface area (Å²) in [6.07, 6.45) is 0. The normalized spacial score (nSPS) is 10.2. The number of para-hydroxylation sites is 1. The zero-order valence-electron chi connectivity index (χ0n) is 12.2. The number of nitrogens with one attached hydrogen (secondary N) is 1. The number of hydrogen-bond donors (Lipinski definition) is 1. The van der Waals surface area contributed by atoms with Gasteiger partial charge >= 0.3 is 0 Å². The Morgan fingerprint density at radius 2 is 1.90 bits per heavy atom. The van der Waals surface area contributed by atoms with E-state index in [9.17, 15) is 10.1 Å². The predicted molar refractivity (Wildman–Crippen MR) is 85.8 cm³/mol. The monoisotopic (exact) mass is 285 g/mol. The lowest BCUT2D eigenvalue weighted by molar-refractivity contribution is -0.384. The molecule has 2 rings (SSSR count). The van der Waals surface area contributed by atoms with E-state index in [1.165, 1.54) is 0 Å². The first kappa shape index (κ1) is 14.8. The number of nitrogens with zero attached hydrogens (tertiary/aromatic N) is 2. The first-order valence-electron chi connectivity index (χ1n) is 6.89. The lowest BCUT2D eigenvalue weighted by atomic mass is 10.1. The quantitative estimate of drug-likeness (QED) is 0.650. The molecule has 0 bridgehead atoms. The predicted octanol–water partition coefficient (Wildman–Crippen LogP) is 3.66. The highest BCUT2D eigenvalue weighted by Crippen LogP contribution is 2.26. The summed E-state index contributed by atoms with van der Waals surface area (Å²) >= 11 is 0. The Hall–Kier alpha value is -2.56. The third kappa shape index (κ3) is 3.72. The summed E-state index contributed by atoms with van der Waals surface area (Å²) in [4.78, 5) is 12.8. The molecule has 110 valence electrons. The maximum absolute atomic E-state index is 11.0. The van der Waals surface area contributed by atoms with E-state index in [-0.39, 0.29) is 10.6 Å². The van der Waals surface area contributed by atoms with Crippen LogP contribution >= 0.6 is 0 Å². The van der Waals surface area contributed by atoms with Crippen LogP contribution in [0.3, 0.4) is 0 Å². The minimum absolute atomic E-state index is 0.114. The molecule has 0 saturated carbocycles. The van der Waals surface area contributed by atoms with E-state index >= 15 is 0 Å². The second-order valence-corrected chi connectivity index (χ2v) is 4.83. The van der Waals surface area contributed by atoms with Gasteiger partial charge < -0.3 is 10.2 Å². The number of nitro groups is 1. The topological polar surface area (TPSA) is 58.4 Å². The maximum atomic E-state index is 11.0. The molecule has 21 heavy (non-hydrogen) atoms. The largest absolute Gasteiger partial charge is 0.380 e. The second kappa shape index (κ2) is 6.74. The van der Waals surface area contributed by atoms with E-state index in [2.05, 4.69) is 10.2 Å². The van der Waals surface area contributed by atoms with Gasteiger partial charge in [-0.15, -0.1) is 0 Å². The van der Waals surface area contributed by atoms with Crippen LogP contribution in [-0.4, -0.2) is 18.5 Å². The van der Waals surface area contributed by atoms with Crippen LogP contribution in [0.25, 0.3) is 0 Å².